The van der Waals surface area contributed by atoms with Gasteiger partial charge in [0.25, 0.3) is 0 Å². The molecule has 0 saturated heterocycles. The lowest BCUT2D eigenvalue weighted by Crippen LogP contribution is -2.40. The van der Waals surface area contributed by atoms with Gasteiger partial charge in [0, 0.05) is 32.2 Å². The highest BCUT2D eigenvalue weighted by molar-refractivity contribution is 4.68. The molecule has 1 unspecified atom stereocenters. The van der Waals surface area contributed by atoms with E-state index < -0.39 is 0 Å². The van der Waals surface area contributed by atoms with Crippen LogP contribution in [0.15, 0.2) is 0 Å². The van der Waals surface area contributed by atoms with Crippen LogP contribution in [0.4, 0.5) is 0 Å². The van der Waals surface area contributed by atoms with E-state index in [0.717, 1.165) is 32.1 Å². The summed E-state index contributed by atoms with van der Waals surface area (Å²) >= 11 is 0. The second-order valence-corrected chi connectivity index (χ2v) is 5.80. The molecule has 110 valence electrons. The molecule has 3 nitrogen and oxygen atoms in total. The smallest absolute Gasteiger partial charge is 0.0109 e. The van der Waals surface area contributed by atoms with Gasteiger partial charge in [-0.15, -0.1) is 0 Å². The largest absolute Gasteiger partial charge is 0.304 e. The predicted octanol–water partition coefficient (Wildman–Crippen LogP) is 2.24. The molecule has 0 aliphatic rings. The molecule has 0 amide bonds. The topological polar surface area (TPSA) is 9.72 Å². The van der Waals surface area contributed by atoms with Crippen molar-refractivity contribution >= 4 is 0 Å². The Labute approximate surface area is 115 Å². The maximum absolute atomic E-state index is 2.48. The van der Waals surface area contributed by atoms with Crippen molar-refractivity contribution in [1.29, 1.82) is 0 Å². The number of hydrogen-bond donors (Lipinski definition) is 0. The van der Waals surface area contributed by atoms with Crippen molar-refractivity contribution < 1.29 is 0 Å². The summed E-state index contributed by atoms with van der Waals surface area (Å²) in [6.07, 6.45) is 0. The van der Waals surface area contributed by atoms with Gasteiger partial charge in [0.2, 0.25) is 0 Å². The number of likely N-dealkylation sites (N-methyl/N-ethyl adjacent to an activating group) is 3. The molecule has 0 radical (unpaired) electrons. The highest BCUT2D eigenvalue weighted by Gasteiger charge is 2.13. The molecular weight excluding hydrogens is 222 g/mol. The quantitative estimate of drug-likeness (QED) is 0.594. The van der Waals surface area contributed by atoms with Crippen molar-refractivity contribution in [1.82, 2.24) is 14.7 Å². The van der Waals surface area contributed by atoms with Crippen LogP contribution in [0, 0.1) is 5.92 Å². The van der Waals surface area contributed by atoms with Gasteiger partial charge in [0.05, 0.1) is 0 Å². The van der Waals surface area contributed by atoms with Crippen molar-refractivity contribution in [3.63, 3.8) is 0 Å². The highest BCUT2D eigenvalue weighted by Crippen LogP contribution is 2.07. The van der Waals surface area contributed by atoms with E-state index in [1.807, 2.05) is 0 Å². The monoisotopic (exact) mass is 257 g/mol. The molecule has 0 saturated carbocycles. The minimum Gasteiger partial charge on any atom is -0.304 e. The molecule has 0 aromatic rings. The molecule has 0 aliphatic carbocycles. The summed E-state index contributed by atoms with van der Waals surface area (Å²) in [5, 5.41) is 0. The minimum absolute atomic E-state index is 0.668. The Bertz CT molecular complexity index is 190. The molecule has 1 atom stereocenters. The first-order valence-corrected chi connectivity index (χ1v) is 7.53. The van der Waals surface area contributed by atoms with Crippen molar-refractivity contribution in [2.45, 2.75) is 40.7 Å². The Morgan fingerprint density at radius 1 is 0.778 bits per heavy atom. The summed E-state index contributed by atoms with van der Waals surface area (Å²) < 4.78 is 0. The van der Waals surface area contributed by atoms with Gasteiger partial charge in [-0.3, -0.25) is 0 Å². The Morgan fingerprint density at radius 2 is 1.28 bits per heavy atom. The highest BCUT2D eigenvalue weighted by atomic mass is 15.2. The summed E-state index contributed by atoms with van der Waals surface area (Å²) in [4.78, 5) is 7.40. The minimum atomic E-state index is 0.668. The summed E-state index contributed by atoms with van der Waals surface area (Å²) in [5.74, 6) is 0.732. The molecule has 0 fully saturated rings. The number of rotatable bonds is 10. The zero-order valence-electron chi connectivity index (χ0n) is 13.7. The molecule has 0 spiro atoms. The van der Waals surface area contributed by atoms with E-state index in [2.05, 4.69) is 63.4 Å². The summed E-state index contributed by atoms with van der Waals surface area (Å²) in [6.45, 7) is 18.4. The number of nitrogens with zero attached hydrogens (tertiary/aromatic N) is 3. The first kappa shape index (κ1) is 17.9. The van der Waals surface area contributed by atoms with E-state index in [9.17, 15) is 0 Å². The maximum atomic E-state index is 2.48. The van der Waals surface area contributed by atoms with Crippen LogP contribution >= 0.6 is 0 Å². The van der Waals surface area contributed by atoms with Crippen LogP contribution < -0.4 is 0 Å². The van der Waals surface area contributed by atoms with Gasteiger partial charge in [-0.25, -0.2) is 0 Å². The van der Waals surface area contributed by atoms with Gasteiger partial charge in [-0.05, 0) is 40.0 Å². The molecule has 0 aromatic heterocycles. The second-order valence-electron chi connectivity index (χ2n) is 5.80. The Kier molecular flexibility index (Phi) is 9.70. The van der Waals surface area contributed by atoms with E-state index >= 15 is 0 Å². The third-order valence-corrected chi connectivity index (χ3v) is 4.19. The third-order valence-electron chi connectivity index (χ3n) is 4.19. The average molecular weight is 257 g/mol. The summed E-state index contributed by atoms with van der Waals surface area (Å²) in [5.41, 5.74) is 0. The SMILES string of the molecule is CCN(CC)CCN(C)CCN(C)C(C)C(C)C. The van der Waals surface area contributed by atoms with Gasteiger partial charge in [-0.2, -0.15) is 0 Å². The first-order valence-electron chi connectivity index (χ1n) is 7.53. The van der Waals surface area contributed by atoms with Crippen LogP contribution in [-0.4, -0.2) is 74.1 Å². The zero-order valence-corrected chi connectivity index (χ0v) is 13.7. The maximum Gasteiger partial charge on any atom is 0.0109 e. The molecule has 0 heterocycles. The molecule has 18 heavy (non-hydrogen) atoms. The van der Waals surface area contributed by atoms with Crippen LogP contribution in [0.25, 0.3) is 0 Å². The first-order chi connectivity index (χ1) is 8.42. The Balaban J connectivity index is 3.79. The van der Waals surface area contributed by atoms with E-state index in [4.69, 9.17) is 0 Å². The van der Waals surface area contributed by atoms with Crippen LogP contribution in [0.1, 0.15) is 34.6 Å². The van der Waals surface area contributed by atoms with Crippen LogP contribution in [0.2, 0.25) is 0 Å². The van der Waals surface area contributed by atoms with Crippen molar-refractivity contribution in [3.05, 3.63) is 0 Å². The van der Waals surface area contributed by atoms with Crippen molar-refractivity contribution in [2.24, 2.45) is 5.92 Å². The fraction of sp³-hybridized carbons (Fsp3) is 1.00. The standard InChI is InChI=1S/C15H35N3/c1-8-18(9-2)13-11-16(6)10-12-17(7)15(5)14(3)4/h14-15H,8-13H2,1-7H3. The van der Waals surface area contributed by atoms with Crippen molar-refractivity contribution in [3.8, 4) is 0 Å². The number of hydrogen-bond acceptors (Lipinski definition) is 3. The van der Waals surface area contributed by atoms with Gasteiger partial charge >= 0.3 is 0 Å². The van der Waals surface area contributed by atoms with Crippen LogP contribution in [-0.2, 0) is 0 Å². The lowest BCUT2D eigenvalue weighted by atomic mass is 10.1. The molecule has 0 rings (SSSR count). The van der Waals surface area contributed by atoms with E-state index in [-0.39, 0.29) is 0 Å². The third kappa shape index (κ3) is 7.34. The Hall–Kier alpha value is -0.120. The van der Waals surface area contributed by atoms with Gasteiger partial charge in [0.1, 0.15) is 0 Å². The van der Waals surface area contributed by atoms with E-state index in [0.29, 0.717) is 6.04 Å². The van der Waals surface area contributed by atoms with Crippen LogP contribution in [0.5, 0.6) is 0 Å². The van der Waals surface area contributed by atoms with E-state index in [1.54, 1.807) is 0 Å². The van der Waals surface area contributed by atoms with Gasteiger partial charge in [-0.1, -0.05) is 27.7 Å². The lowest BCUT2D eigenvalue weighted by molar-refractivity contribution is 0.172. The fourth-order valence-electron chi connectivity index (χ4n) is 2.00. The summed E-state index contributed by atoms with van der Waals surface area (Å²) in [7, 11) is 4.47. The van der Waals surface area contributed by atoms with E-state index in [1.165, 1.54) is 13.1 Å². The molecule has 3 heteroatoms. The average Bonchev–Trinajstić information content (AvgIpc) is 2.35. The molecule has 0 aliphatic heterocycles. The molecule has 0 N–H and O–H groups in total. The molecular formula is C15H35N3. The second kappa shape index (κ2) is 9.76. The van der Waals surface area contributed by atoms with Crippen LogP contribution in [0.3, 0.4) is 0 Å². The Morgan fingerprint density at radius 3 is 1.72 bits per heavy atom. The zero-order chi connectivity index (χ0) is 14.1. The lowest BCUT2D eigenvalue weighted by Gasteiger charge is -2.30. The van der Waals surface area contributed by atoms with Gasteiger partial charge in [0.15, 0.2) is 0 Å². The molecule has 0 aromatic carbocycles. The van der Waals surface area contributed by atoms with Gasteiger partial charge < -0.3 is 14.7 Å². The molecule has 0 bridgehead atoms. The summed E-state index contributed by atoms with van der Waals surface area (Å²) in [6, 6.07) is 0.668. The van der Waals surface area contributed by atoms with Crippen molar-refractivity contribution in [2.75, 3.05) is 53.4 Å². The predicted molar refractivity (Wildman–Crippen MR) is 82.2 cm³/mol. The normalized spacial score (nSPS) is 14.2. The fourth-order valence-corrected chi connectivity index (χ4v) is 2.00.